The molecule has 0 saturated heterocycles. The summed E-state index contributed by atoms with van der Waals surface area (Å²) < 4.78 is 16.8. The van der Waals surface area contributed by atoms with E-state index < -0.39 is 6.10 Å². The molecule has 0 heterocycles. The zero-order valence-electron chi connectivity index (χ0n) is 52.4. The van der Waals surface area contributed by atoms with Crippen LogP contribution in [0, 0.1) is 0 Å². The first-order valence-electron chi connectivity index (χ1n) is 34.1. The molecule has 6 nitrogen and oxygen atoms in total. The van der Waals surface area contributed by atoms with Gasteiger partial charge in [-0.15, -0.1) is 0 Å². The normalized spacial score (nSPS) is 12.6. The van der Waals surface area contributed by atoms with E-state index in [4.69, 9.17) is 14.2 Å². The lowest BCUT2D eigenvalue weighted by Gasteiger charge is -2.18. The van der Waals surface area contributed by atoms with Crippen LogP contribution in [-0.4, -0.2) is 37.2 Å². The lowest BCUT2D eigenvalue weighted by Crippen LogP contribution is -2.30. The predicted molar refractivity (Wildman–Crippen MR) is 344 cm³/mol. The molecule has 79 heavy (non-hydrogen) atoms. The van der Waals surface area contributed by atoms with Gasteiger partial charge in [0.25, 0.3) is 0 Å². The van der Waals surface area contributed by atoms with Crippen LogP contribution in [0.25, 0.3) is 0 Å². The standard InChI is InChI=1S/C73H128O6/c1-4-7-10-13-15-17-19-21-23-25-27-29-31-33-34-35-36-37-38-40-41-43-45-47-49-51-53-55-57-60-63-66-72(75)78-69-70(68-77-71(74)65-62-59-12-9-6-3)79-73(76)67-64-61-58-56-54-52-50-48-46-44-42-39-32-30-28-26-24-22-20-18-16-14-11-8-5-2/h8,11,16,18-19,21-22,24-25,27-28,30,39,42,70H,4-7,9-10,12-15,17,20,23,26,29,31-38,40-41,43-69H2,1-3H3/b11-8-,18-16-,21-19-,24-22-,27-25-,30-28-,42-39-. The van der Waals surface area contributed by atoms with Crippen molar-refractivity contribution in [3.05, 3.63) is 85.1 Å². The molecular weight excluding hydrogens is 973 g/mol. The molecule has 1 atom stereocenters. The zero-order chi connectivity index (χ0) is 57.1. The third-order valence-corrected chi connectivity index (χ3v) is 14.9. The quantitative estimate of drug-likeness (QED) is 0.0261. The Hall–Kier alpha value is -3.41. The SMILES string of the molecule is CC/C=C\C/C=C\C/C=C\C/C=C\C/C=C\CCCCCCCCCCCC(=O)OC(COC(=O)CCCCCCC)COC(=O)CCCCCCCCCCCCCCCCCCCCC/C=C\C/C=C\CCCCCCC. The second kappa shape index (κ2) is 67.1. The molecule has 0 radical (unpaired) electrons. The molecule has 0 saturated carbocycles. The monoisotopic (exact) mass is 1100 g/mol. The number of carbonyl (C=O) groups is 3. The van der Waals surface area contributed by atoms with Gasteiger partial charge in [-0.3, -0.25) is 14.4 Å². The van der Waals surface area contributed by atoms with Crippen LogP contribution in [0.15, 0.2) is 85.1 Å². The third kappa shape index (κ3) is 65.3. The molecular formula is C73H128O6. The Morgan fingerprint density at radius 3 is 0.772 bits per heavy atom. The summed E-state index contributed by atoms with van der Waals surface area (Å²) >= 11 is 0. The topological polar surface area (TPSA) is 78.9 Å². The summed E-state index contributed by atoms with van der Waals surface area (Å²) in [6.07, 6.45) is 89.5. The number of esters is 3. The molecule has 0 aliphatic rings. The number of carbonyl (C=O) groups excluding carboxylic acids is 3. The van der Waals surface area contributed by atoms with Crippen molar-refractivity contribution in [1.82, 2.24) is 0 Å². The fourth-order valence-corrected chi connectivity index (χ4v) is 9.80. The molecule has 0 bridgehead atoms. The molecule has 0 aliphatic carbocycles. The van der Waals surface area contributed by atoms with Crippen molar-refractivity contribution < 1.29 is 28.6 Å². The lowest BCUT2D eigenvalue weighted by atomic mass is 10.0. The van der Waals surface area contributed by atoms with Crippen LogP contribution in [0.4, 0.5) is 0 Å². The smallest absolute Gasteiger partial charge is 0.306 e. The van der Waals surface area contributed by atoms with Gasteiger partial charge in [-0.1, -0.05) is 311 Å². The fraction of sp³-hybridized carbons (Fsp3) is 0.767. The Kier molecular flexibility index (Phi) is 64.2. The second-order valence-electron chi connectivity index (χ2n) is 22.7. The highest BCUT2D eigenvalue weighted by Crippen LogP contribution is 2.17. The molecule has 0 fully saturated rings. The number of hydrogen-bond donors (Lipinski definition) is 0. The van der Waals surface area contributed by atoms with E-state index in [0.717, 1.165) is 109 Å². The van der Waals surface area contributed by atoms with Crippen LogP contribution in [0.5, 0.6) is 0 Å². The Bertz CT molecular complexity index is 1500. The van der Waals surface area contributed by atoms with E-state index in [0.29, 0.717) is 19.3 Å². The van der Waals surface area contributed by atoms with Crippen LogP contribution in [-0.2, 0) is 28.6 Å². The summed E-state index contributed by atoms with van der Waals surface area (Å²) in [5, 5.41) is 0. The molecule has 0 aromatic carbocycles. The van der Waals surface area contributed by atoms with Gasteiger partial charge in [-0.2, -0.15) is 0 Å². The number of unbranched alkanes of at least 4 members (excludes halogenated alkanes) is 37. The maximum absolute atomic E-state index is 12.8. The summed E-state index contributed by atoms with van der Waals surface area (Å²) in [5.74, 6) is -0.883. The van der Waals surface area contributed by atoms with Gasteiger partial charge in [-0.25, -0.2) is 0 Å². The van der Waals surface area contributed by atoms with Gasteiger partial charge in [0.15, 0.2) is 6.10 Å². The molecule has 0 spiro atoms. The summed E-state index contributed by atoms with van der Waals surface area (Å²) in [6, 6.07) is 0. The number of rotatable bonds is 62. The first-order chi connectivity index (χ1) is 39.0. The molecule has 1 unspecified atom stereocenters. The van der Waals surface area contributed by atoms with Crippen molar-refractivity contribution in [2.75, 3.05) is 13.2 Å². The molecule has 0 rings (SSSR count). The highest BCUT2D eigenvalue weighted by atomic mass is 16.6. The maximum Gasteiger partial charge on any atom is 0.306 e. The average Bonchev–Trinajstić information content (AvgIpc) is 3.45. The number of hydrogen-bond acceptors (Lipinski definition) is 6. The van der Waals surface area contributed by atoms with Crippen LogP contribution in [0.3, 0.4) is 0 Å². The number of ether oxygens (including phenoxy) is 3. The minimum atomic E-state index is -0.776. The third-order valence-electron chi connectivity index (χ3n) is 14.9. The van der Waals surface area contributed by atoms with E-state index in [-0.39, 0.29) is 31.1 Å². The van der Waals surface area contributed by atoms with Crippen LogP contribution >= 0.6 is 0 Å². The predicted octanol–water partition coefficient (Wildman–Crippen LogP) is 23.4. The van der Waals surface area contributed by atoms with E-state index >= 15 is 0 Å². The number of allylic oxidation sites excluding steroid dienone is 14. The van der Waals surface area contributed by atoms with Crippen molar-refractivity contribution >= 4 is 17.9 Å². The summed E-state index contributed by atoms with van der Waals surface area (Å²) in [7, 11) is 0. The van der Waals surface area contributed by atoms with Crippen LogP contribution in [0.2, 0.25) is 0 Å². The van der Waals surface area contributed by atoms with Gasteiger partial charge < -0.3 is 14.2 Å². The van der Waals surface area contributed by atoms with Crippen LogP contribution in [0.1, 0.15) is 342 Å². The summed E-state index contributed by atoms with van der Waals surface area (Å²) in [4.78, 5) is 38.0. The van der Waals surface area contributed by atoms with E-state index in [1.807, 2.05) is 0 Å². The first-order valence-corrected chi connectivity index (χ1v) is 34.1. The van der Waals surface area contributed by atoms with E-state index in [1.54, 1.807) is 0 Å². The van der Waals surface area contributed by atoms with Gasteiger partial charge in [-0.05, 0) is 96.3 Å². The molecule has 6 heteroatoms. The van der Waals surface area contributed by atoms with Gasteiger partial charge in [0.1, 0.15) is 13.2 Å². The summed E-state index contributed by atoms with van der Waals surface area (Å²) in [6.45, 7) is 6.46. The van der Waals surface area contributed by atoms with Gasteiger partial charge >= 0.3 is 17.9 Å². The maximum atomic E-state index is 12.8. The van der Waals surface area contributed by atoms with Crippen molar-refractivity contribution in [2.45, 2.75) is 348 Å². The second-order valence-corrected chi connectivity index (χ2v) is 22.7. The molecule has 0 aromatic heterocycles. The van der Waals surface area contributed by atoms with Crippen molar-refractivity contribution in [3.63, 3.8) is 0 Å². The lowest BCUT2D eigenvalue weighted by molar-refractivity contribution is -0.167. The summed E-state index contributed by atoms with van der Waals surface area (Å²) in [5.41, 5.74) is 0. The van der Waals surface area contributed by atoms with Crippen molar-refractivity contribution in [3.8, 4) is 0 Å². The molecule has 0 N–H and O–H groups in total. The van der Waals surface area contributed by atoms with Gasteiger partial charge in [0.05, 0.1) is 0 Å². The molecule has 456 valence electrons. The molecule has 0 aliphatic heterocycles. The largest absolute Gasteiger partial charge is 0.462 e. The van der Waals surface area contributed by atoms with Crippen molar-refractivity contribution in [2.24, 2.45) is 0 Å². The van der Waals surface area contributed by atoms with Crippen LogP contribution < -0.4 is 0 Å². The van der Waals surface area contributed by atoms with E-state index in [1.165, 1.54) is 193 Å². The van der Waals surface area contributed by atoms with E-state index in [2.05, 4.69) is 106 Å². The Morgan fingerprint density at radius 2 is 0.494 bits per heavy atom. The Morgan fingerprint density at radius 1 is 0.266 bits per heavy atom. The molecule has 0 aromatic rings. The highest BCUT2D eigenvalue weighted by molar-refractivity contribution is 5.71. The minimum Gasteiger partial charge on any atom is -0.462 e. The average molecular weight is 1100 g/mol. The van der Waals surface area contributed by atoms with Crippen molar-refractivity contribution in [1.29, 1.82) is 0 Å². The highest BCUT2D eigenvalue weighted by Gasteiger charge is 2.19. The zero-order valence-corrected chi connectivity index (χ0v) is 52.4. The minimum absolute atomic E-state index is 0.0759. The van der Waals surface area contributed by atoms with Gasteiger partial charge in [0, 0.05) is 19.3 Å². The Balaban J connectivity index is 3.98. The Labute approximate surface area is 490 Å². The van der Waals surface area contributed by atoms with E-state index in [9.17, 15) is 14.4 Å². The van der Waals surface area contributed by atoms with Gasteiger partial charge in [0.2, 0.25) is 0 Å². The fourth-order valence-electron chi connectivity index (χ4n) is 9.80. The first kappa shape index (κ1) is 75.6. The molecule has 0 amide bonds.